The van der Waals surface area contributed by atoms with E-state index in [1.54, 1.807) is 27.7 Å². The second-order valence-electron chi connectivity index (χ2n) is 5.71. The molecule has 8 nitrogen and oxygen atoms in total. The number of hydrogen-bond donors (Lipinski definition) is 0. The van der Waals surface area contributed by atoms with E-state index in [4.69, 9.17) is 4.52 Å². The van der Waals surface area contributed by atoms with Gasteiger partial charge in [0.25, 0.3) is 5.69 Å². The Balaban J connectivity index is 2.48. The molecule has 0 aliphatic heterocycles. The van der Waals surface area contributed by atoms with Gasteiger partial charge in [0.15, 0.2) is 0 Å². The van der Waals surface area contributed by atoms with Gasteiger partial charge in [-0.3, -0.25) is 10.1 Å². The third-order valence-electron chi connectivity index (χ3n) is 4.07. The summed E-state index contributed by atoms with van der Waals surface area (Å²) < 4.78 is 32.0. The molecule has 0 saturated carbocycles. The zero-order valence-electron chi connectivity index (χ0n) is 14.2. The van der Waals surface area contributed by atoms with Gasteiger partial charge >= 0.3 is 0 Å². The third-order valence-corrected chi connectivity index (χ3v) is 6.00. The van der Waals surface area contributed by atoms with Crippen molar-refractivity contribution in [1.29, 1.82) is 0 Å². The SMILES string of the molecule is Cc1cc([N+](=O)[O-])cc(S(=O)(=O)N(C)Cc2c(C)noc2C)c1C. The van der Waals surface area contributed by atoms with Crippen LogP contribution < -0.4 is 0 Å². The fourth-order valence-corrected chi connectivity index (χ4v) is 3.84. The van der Waals surface area contributed by atoms with Crippen LogP contribution in [0.25, 0.3) is 0 Å². The predicted octanol–water partition coefficient (Wildman–Crippen LogP) is 2.64. The number of sulfonamides is 1. The van der Waals surface area contributed by atoms with Crippen LogP contribution in [0.1, 0.15) is 28.1 Å². The molecular weight excluding hydrogens is 334 g/mol. The maximum absolute atomic E-state index is 12.9. The molecule has 0 amide bonds. The first-order chi connectivity index (χ1) is 11.1. The molecule has 0 fully saturated rings. The molecule has 9 heteroatoms. The minimum atomic E-state index is -3.90. The van der Waals surface area contributed by atoms with E-state index in [2.05, 4.69) is 5.16 Å². The van der Waals surface area contributed by atoms with Crippen LogP contribution in [0.5, 0.6) is 0 Å². The molecule has 24 heavy (non-hydrogen) atoms. The molecule has 0 spiro atoms. The molecule has 2 aromatic rings. The highest BCUT2D eigenvalue weighted by molar-refractivity contribution is 7.89. The van der Waals surface area contributed by atoms with Gasteiger partial charge in [-0.05, 0) is 38.8 Å². The number of hydrogen-bond acceptors (Lipinski definition) is 6. The molecule has 2 rings (SSSR count). The third kappa shape index (κ3) is 3.17. The zero-order valence-corrected chi connectivity index (χ0v) is 15.0. The van der Waals surface area contributed by atoms with Crippen molar-refractivity contribution >= 4 is 15.7 Å². The Kier molecular flexibility index (Phi) is 4.77. The Morgan fingerprint density at radius 2 is 1.88 bits per heavy atom. The average Bonchev–Trinajstić information content (AvgIpc) is 2.81. The molecular formula is C15H19N3O5S. The molecule has 130 valence electrons. The lowest BCUT2D eigenvalue weighted by Gasteiger charge is -2.19. The van der Waals surface area contributed by atoms with Gasteiger partial charge in [-0.1, -0.05) is 5.16 Å². The lowest BCUT2D eigenvalue weighted by Crippen LogP contribution is -2.27. The Hall–Kier alpha value is -2.26. The molecule has 1 aromatic carbocycles. The van der Waals surface area contributed by atoms with Crippen LogP contribution in [0.2, 0.25) is 0 Å². The minimum Gasteiger partial charge on any atom is -0.361 e. The largest absolute Gasteiger partial charge is 0.361 e. The highest BCUT2D eigenvalue weighted by Gasteiger charge is 2.28. The quantitative estimate of drug-likeness (QED) is 0.604. The van der Waals surface area contributed by atoms with Gasteiger partial charge in [-0.25, -0.2) is 8.42 Å². The molecule has 0 aliphatic carbocycles. The molecule has 1 aromatic heterocycles. The summed E-state index contributed by atoms with van der Waals surface area (Å²) in [5, 5.41) is 14.8. The summed E-state index contributed by atoms with van der Waals surface area (Å²) in [6, 6.07) is 2.46. The molecule has 0 bridgehead atoms. The van der Waals surface area contributed by atoms with Crippen LogP contribution in [0, 0.1) is 37.8 Å². The Morgan fingerprint density at radius 3 is 2.38 bits per heavy atom. The first-order valence-electron chi connectivity index (χ1n) is 7.19. The Labute approximate surface area is 140 Å². The van der Waals surface area contributed by atoms with Crippen LogP contribution >= 0.6 is 0 Å². The Morgan fingerprint density at radius 1 is 1.25 bits per heavy atom. The number of nitro groups is 1. The maximum Gasteiger partial charge on any atom is 0.271 e. The summed E-state index contributed by atoms with van der Waals surface area (Å²) in [5.41, 5.74) is 2.09. The lowest BCUT2D eigenvalue weighted by molar-refractivity contribution is -0.385. The van der Waals surface area contributed by atoms with Crippen molar-refractivity contribution in [3.8, 4) is 0 Å². The number of aromatic nitrogens is 1. The van der Waals surface area contributed by atoms with Gasteiger partial charge in [0.1, 0.15) is 5.76 Å². The number of benzene rings is 1. The van der Waals surface area contributed by atoms with Gasteiger partial charge in [-0.2, -0.15) is 4.31 Å². The smallest absolute Gasteiger partial charge is 0.271 e. The van der Waals surface area contributed by atoms with E-state index in [0.29, 0.717) is 28.1 Å². The monoisotopic (exact) mass is 353 g/mol. The summed E-state index contributed by atoms with van der Waals surface area (Å²) in [5.74, 6) is 0.543. The van der Waals surface area contributed by atoms with Gasteiger partial charge in [-0.15, -0.1) is 0 Å². The summed E-state index contributed by atoms with van der Waals surface area (Å²) in [4.78, 5) is 10.4. The van der Waals surface area contributed by atoms with Crippen LogP contribution in [-0.4, -0.2) is 29.9 Å². The molecule has 0 unspecified atom stereocenters. The number of nitro benzene ring substituents is 1. The van der Waals surface area contributed by atoms with Crippen LogP contribution in [0.4, 0.5) is 5.69 Å². The summed E-state index contributed by atoms with van der Waals surface area (Å²) in [6.07, 6.45) is 0. The molecule has 0 saturated heterocycles. The average molecular weight is 353 g/mol. The first-order valence-corrected chi connectivity index (χ1v) is 8.63. The van der Waals surface area contributed by atoms with Crippen molar-refractivity contribution in [3.63, 3.8) is 0 Å². The van der Waals surface area contributed by atoms with E-state index in [-0.39, 0.29) is 17.1 Å². The molecule has 0 aliphatic rings. The van der Waals surface area contributed by atoms with Gasteiger partial charge in [0.05, 0.1) is 15.5 Å². The predicted molar refractivity (Wildman–Crippen MR) is 87.2 cm³/mol. The van der Waals surface area contributed by atoms with Gasteiger partial charge in [0.2, 0.25) is 10.0 Å². The Bertz CT molecular complexity index is 883. The highest BCUT2D eigenvalue weighted by atomic mass is 32.2. The normalized spacial score (nSPS) is 11.9. The lowest BCUT2D eigenvalue weighted by atomic mass is 10.1. The molecule has 0 N–H and O–H groups in total. The molecule has 0 radical (unpaired) electrons. The van der Waals surface area contributed by atoms with E-state index in [1.165, 1.54) is 13.1 Å². The number of non-ortho nitro benzene ring substituents is 1. The van der Waals surface area contributed by atoms with E-state index >= 15 is 0 Å². The number of rotatable bonds is 5. The molecule has 1 heterocycles. The second-order valence-corrected chi connectivity index (χ2v) is 7.72. The number of aryl methyl sites for hydroxylation is 3. The van der Waals surface area contributed by atoms with Crippen LogP contribution in [0.15, 0.2) is 21.6 Å². The van der Waals surface area contributed by atoms with Gasteiger partial charge in [0, 0.05) is 31.3 Å². The van der Waals surface area contributed by atoms with Crippen molar-refractivity contribution in [2.75, 3.05) is 7.05 Å². The van der Waals surface area contributed by atoms with Crippen molar-refractivity contribution in [3.05, 3.63) is 50.4 Å². The number of nitrogens with zero attached hydrogens (tertiary/aromatic N) is 3. The van der Waals surface area contributed by atoms with E-state index < -0.39 is 14.9 Å². The van der Waals surface area contributed by atoms with Crippen LogP contribution in [0.3, 0.4) is 0 Å². The summed E-state index contributed by atoms with van der Waals surface area (Å²) in [6.45, 7) is 6.80. The van der Waals surface area contributed by atoms with Crippen molar-refractivity contribution < 1.29 is 17.9 Å². The fourth-order valence-electron chi connectivity index (χ4n) is 2.39. The first kappa shape index (κ1) is 18.1. The fraction of sp³-hybridized carbons (Fsp3) is 0.400. The van der Waals surface area contributed by atoms with Gasteiger partial charge < -0.3 is 4.52 Å². The zero-order chi connectivity index (χ0) is 18.2. The summed E-state index contributed by atoms with van der Waals surface area (Å²) >= 11 is 0. The molecule has 0 atom stereocenters. The van der Waals surface area contributed by atoms with Crippen LogP contribution in [-0.2, 0) is 16.6 Å². The van der Waals surface area contributed by atoms with E-state index in [1.807, 2.05) is 0 Å². The van der Waals surface area contributed by atoms with Crippen molar-refractivity contribution in [2.24, 2.45) is 0 Å². The second kappa shape index (κ2) is 6.33. The highest BCUT2D eigenvalue weighted by Crippen LogP contribution is 2.28. The van der Waals surface area contributed by atoms with Crippen molar-refractivity contribution in [2.45, 2.75) is 39.1 Å². The maximum atomic E-state index is 12.9. The van der Waals surface area contributed by atoms with Crippen molar-refractivity contribution in [1.82, 2.24) is 9.46 Å². The standard InChI is InChI=1S/C15H19N3O5S/c1-9-6-13(18(19)20)7-15(10(9)2)24(21,22)17(5)8-14-11(3)16-23-12(14)4/h6-7H,8H2,1-5H3. The van der Waals surface area contributed by atoms with E-state index in [0.717, 1.165) is 10.4 Å². The van der Waals surface area contributed by atoms with E-state index in [9.17, 15) is 18.5 Å². The summed E-state index contributed by atoms with van der Waals surface area (Å²) in [7, 11) is -2.47. The minimum absolute atomic E-state index is 0.0662. The topological polar surface area (TPSA) is 107 Å².